The van der Waals surface area contributed by atoms with Crippen LogP contribution in [0.3, 0.4) is 0 Å². The summed E-state index contributed by atoms with van der Waals surface area (Å²) in [7, 11) is 3.04. The van der Waals surface area contributed by atoms with E-state index in [-0.39, 0.29) is 18.8 Å². The molecule has 0 aliphatic carbocycles. The Hall–Kier alpha value is -2.93. The van der Waals surface area contributed by atoms with Gasteiger partial charge in [0.1, 0.15) is 17.7 Å². The molecule has 1 aromatic heterocycles. The summed E-state index contributed by atoms with van der Waals surface area (Å²) in [6, 6.07) is 9.44. The van der Waals surface area contributed by atoms with Crippen molar-refractivity contribution in [1.82, 2.24) is 9.78 Å². The lowest BCUT2D eigenvalue weighted by Gasteiger charge is -2.45. The molecule has 0 unspecified atom stereocenters. The zero-order valence-corrected chi connectivity index (χ0v) is 17.3. The van der Waals surface area contributed by atoms with E-state index in [1.54, 1.807) is 24.3 Å². The maximum absolute atomic E-state index is 12.0. The van der Waals surface area contributed by atoms with E-state index in [0.29, 0.717) is 29.2 Å². The van der Waals surface area contributed by atoms with E-state index < -0.39 is 17.7 Å². The standard InChI is InChI=1S/C21H26N4O5/c1-4-9-25-18(26)8-7-17(24-25)23-19-15-10-14(11-22)5-6-16(15)30-21(12-28-2,13-29-3)20(19)27/h5-8,10,19-20,27H,4,9,12-13H2,1-3H3,(H,23,24)/t19-,20+/m1/s1. The van der Waals surface area contributed by atoms with Crippen molar-refractivity contribution in [2.24, 2.45) is 0 Å². The van der Waals surface area contributed by atoms with E-state index in [2.05, 4.69) is 16.5 Å². The minimum atomic E-state index is -1.17. The van der Waals surface area contributed by atoms with E-state index in [0.717, 1.165) is 6.42 Å². The number of nitriles is 1. The van der Waals surface area contributed by atoms with Crippen LogP contribution in [0, 0.1) is 11.3 Å². The highest BCUT2D eigenvalue weighted by Crippen LogP contribution is 2.42. The largest absolute Gasteiger partial charge is 0.479 e. The summed E-state index contributed by atoms with van der Waals surface area (Å²) in [5, 5.41) is 28.2. The molecule has 0 radical (unpaired) electrons. The Kier molecular flexibility index (Phi) is 6.72. The lowest BCUT2D eigenvalue weighted by atomic mass is 9.84. The average molecular weight is 414 g/mol. The molecule has 0 amide bonds. The molecule has 3 rings (SSSR count). The number of aromatic nitrogens is 2. The van der Waals surface area contributed by atoms with Crippen molar-refractivity contribution >= 4 is 5.82 Å². The first kappa shape index (κ1) is 21.8. The third-order valence-corrected chi connectivity index (χ3v) is 5.02. The topological polar surface area (TPSA) is 119 Å². The number of nitrogens with one attached hydrogen (secondary N) is 1. The highest BCUT2D eigenvalue weighted by Gasteiger charge is 2.50. The van der Waals surface area contributed by atoms with Gasteiger partial charge in [-0.05, 0) is 30.7 Å². The number of benzene rings is 1. The number of nitrogens with zero attached hydrogens (tertiary/aromatic N) is 3. The fourth-order valence-corrected chi connectivity index (χ4v) is 3.68. The van der Waals surface area contributed by atoms with Gasteiger partial charge in [0.2, 0.25) is 0 Å². The third kappa shape index (κ3) is 4.16. The summed E-state index contributed by atoms with van der Waals surface area (Å²) in [6.07, 6.45) is -0.331. The van der Waals surface area contributed by atoms with Crippen LogP contribution < -0.4 is 15.6 Å². The van der Waals surface area contributed by atoms with Gasteiger partial charge in [0.15, 0.2) is 5.60 Å². The molecule has 0 saturated carbocycles. The van der Waals surface area contributed by atoms with E-state index in [4.69, 9.17) is 14.2 Å². The second-order valence-corrected chi connectivity index (χ2v) is 7.24. The number of methoxy groups -OCH3 is 2. The first-order chi connectivity index (χ1) is 14.5. The van der Waals surface area contributed by atoms with Crippen LogP contribution in [0.15, 0.2) is 35.1 Å². The summed E-state index contributed by atoms with van der Waals surface area (Å²) < 4.78 is 18.2. The number of rotatable bonds is 8. The Bertz CT molecular complexity index is 978. The molecule has 2 aromatic rings. The molecular formula is C21H26N4O5. The monoisotopic (exact) mass is 414 g/mol. The van der Waals surface area contributed by atoms with Crippen molar-refractivity contribution in [3.05, 3.63) is 51.8 Å². The molecule has 2 heterocycles. The zero-order chi connectivity index (χ0) is 21.7. The molecule has 2 atom stereocenters. The van der Waals surface area contributed by atoms with E-state index >= 15 is 0 Å². The van der Waals surface area contributed by atoms with E-state index in [9.17, 15) is 15.2 Å². The van der Waals surface area contributed by atoms with E-state index in [1.807, 2.05) is 6.92 Å². The fraction of sp³-hybridized carbons (Fsp3) is 0.476. The average Bonchev–Trinajstić information content (AvgIpc) is 2.74. The van der Waals surface area contributed by atoms with E-state index in [1.165, 1.54) is 25.0 Å². The molecule has 0 saturated heterocycles. The van der Waals surface area contributed by atoms with Crippen molar-refractivity contribution in [2.75, 3.05) is 32.8 Å². The molecule has 2 N–H and O–H groups in total. The maximum atomic E-state index is 12.0. The van der Waals surface area contributed by atoms with Gasteiger partial charge in [0.05, 0.1) is 30.9 Å². The van der Waals surface area contributed by atoms with Crippen LogP contribution in [-0.2, 0) is 16.0 Å². The molecule has 9 heteroatoms. The SMILES string of the molecule is CCCn1nc(N[C@@H]2c3cc(C#N)ccc3OC(COC)(COC)[C@H]2O)ccc1=O. The van der Waals surface area contributed by atoms with Crippen molar-refractivity contribution in [3.63, 3.8) is 0 Å². The maximum Gasteiger partial charge on any atom is 0.266 e. The zero-order valence-electron chi connectivity index (χ0n) is 17.3. The highest BCUT2D eigenvalue weighted by molar-refractivity contribution is 5.50. The number of aryl methyl sites for hydroxylation is 1. The summed E-state index contributed by atoms with van der Waals surface area (Å²) in [6.45, 7) is 2.61. The molecule has 30 heavy (non-hydrogen) atoms. The van der Waals surface area contributed by atoms with Crippen LogP contribution in [0.2, 0.25) is 0 Å². The number of anilines is 1. The Balaban J connectivity index is 2.07. The third-order valence-electron chi connectivity index (χ3n) is 5.02. The minimum Gasteiger partial charge on any atom is -0.479 e. The smallest absolute Gasteiger partial charge is 0.266 e. The van der Waals surface area contributed by atoms with Crippen LogP contribution in [0.1, 0.15) is 30.5 Å². The first-order valence-corrected chi connectivity index (χ1v) is 9.71. The first-order valence-electron chi connectivity index (χ1n) is 9.71. The van der Waals surface area contributed by atoms with Crippen LogP contribution in [0.5, 0.6) is 5.75 Å². The molecule has 1 aliphatic heterocycles. The Labute approximate surface area is 174 Å². The number of fused-ring (bicyclic) bond motifs is 1. The summed E-state index contributed by atoms with van der Waals surface area (Å²) in [5.74, 6) is 0.929. The van der Waals surface area contributed by atoms with Gasteiger partial charge in [-0.15, -0.1) is 0 Å². The Morgan fingerprint density at radius 1 is 1.30 bits per heavy atom. The lowest BCUT2D eigenvalue weighted by molar-refractivity contribution is -0.142. The number of ether oxygens (including phenoxy) is 3. The lowest BCUT2D eigenvalue weighted by Crippen LogP contribution is -2.60. The second kappa shape index (κ2) is 9.26. The van der Waals surface area contributed by atoms with Crippen molar-refractivity contribution in [1.29, 1.82) is 5.26 Å². The van der Waals surface area contributed by atoms with Gasteiger partial charge in [0, 0.05) is 32.4 Å². The number of hydrogen-bond donors (Lipinski definition) is 2. The molecular weight excluding hydrogens is 388 g/mol. The predicted octanol–water partition coefficient (Wildman–Crippen LogP) is 1.46. The van der Waals surface area contributed by atoms with Gasteiger partial charge in [-0.3, -0.25) is 4.79 Å². The quantitative estimate of drug-likeness (QED) is 0.667. The number of hydrogen-bond acceptors (Lipinski definition) is 8. The predicted molar refractivity (Wildman–Crippen MR) is 109 cm³/mol. The Morgan fingerprint density at radius 2 is 2.03 bits per heavy atom. The fourth-order valence-electron chi connectivity index (χ4n) is 3.68. The van der Waals surface area contributed by atoms with Gasteiger partial charge < -0.3 is 24.6 Å². The van der Waals surface area contributed by atoms with Crippen LogP contribution in [-0.4, -0.2) is 54.0 Å². The second-order valence-electron chi connectivity index (χ2n) is 7.24. The molecule has 160 valence electrons. The van der Waals surface area contributed by atoms with Gasteiger partial charge in [-0.1, -0.05) is 6.92 Å². The van der Waals surface area contributed by atoms with Gasteiger partial charge in [-0.25, -0.2) is 4.68 Å². The van der Waals surface area contributed by atoms with Gasteiger partial charge in [0.25, 0.3) is 5.56 Å². The molecule has 0 fully saturated rings. The minimum absolute atomic E-state index is 0.0857. The normalized spacial score (nSPS) is 19.4. The van der Waals surface area contributed by atoms with Crippen molar-refractivity contribution in [2.45, 2.75) is 37.6 Å². The van der Waals surface area contributed by atoms with Crippen molar-refractivity contribution < 1.29 is 19.3 Å². The van der Waals surface area contributed by atoms with Crippen LogP contribution in [0.25, 0.3) is 0 Å². The summed E-state index contributed by atoms with van der Waals surface area (Å²) in [5.41, 5.74) is -0.318. The number of aliphatic hydroxyl groups excluding tert-OH is 1. The number of aliphatic hydroxyl groups is 1. The summed E-state index contributed by atoms with van der Waals surface area (Å²) in [4.78, 5) is 12.0. The summed E-state index contributed by atoms with van der Waals surface area (Å²) >= 11 is 0. The molecule has 1 aliphatic rings. The van der Waals surface area contributed by atoms with Gasteiger partial charge in [-0.2, -0.15) is 10.4 Å². The van der Waals surface area contributed by atoms with Gasteiger partial charge >= 0.3 is 0 Å². The molecule has 9 nitrogen and oxygen atoms in total. The Morgan fingerprint density at radius 3 is 2.67 bits per heavy atom. The molecule has 0 bridgehead atoms. The van der Waals surface area contributed by atoms with Crippen LogP contribution >= 0.6 is 0 Å². The van der Waals surface area contributed by atoms with Crippen molar-refractivity contribution in [3.8, 4) is 11.8 Å². The van der Waals surface area contributed by atoms with Crippen LogP contribution in [0.4, 0.5) is 5.82 Å². The highest BCUT2D eigenvalue weighted by atomic mass is 16.6. The molecule has 0 spiro atoms. The molecule has 1 aromatic carbocycles.